The molecule has 0 aliphatic carbocycles. The van der Waals surface area contributed by atoms with Crippen LogP contribution in [0.5, 0.6) is 11.5 Å². The van der Waals surface area contributed by atoms with Gasteiger partial charge in [0.2, 0.25) is 6.79 Å². The molecule has 0 amide bonds. The number of hydrogen-bond donors (Lipinski definition) is 1. The van der Waals surface area contributed by atoms with Crippen LogP contribution in [0.2, 0.25) is 5.04 Å². The normalized spacial score (nSPS) is 13.6. The van der Waals surface area contributed by atoms with Crippen molar-refractivity contribution in [2.45, 2.75) is 58.1 Å². The number of fused-ring (bicyclic) bond motifs is 1. The lowest BCUT2D eigenvalue weighted by molar-refractivity contribution is -0.138. The highest BCUT2D eigenvalue weighted by atomic mass is 31.1. The van der Waals surface area contributed by atoms with Crippen LogP contribution >= 0.6 is 8.03 Å². The van der Waals surface area contributed by atoms with Crippen LogP contribution in [-0.4, -0.2) is 50.0 Å². The largest absolute Gasteiger partial charge is 0.481 e. The Hall–Kier alpha value is -5.04. The number of rotatable bonds is 13. The van der Waals surface area contributed by atoms with Gasteiger partial charge in [0.1, 0.15) is 12.4 Å². The Morgan fingerprint density at radius 2 is 1.58 bits per heavy atom. The molecule has 284 valence electrons. The van der Waals surface area contributed by atoms with Crippen LogP contribution < -0.4 is 19.8 Å². The Balaban J connectivity index is 1.29. The first-order valence-corrected chi connectivity index (χ1v) is 21.7. The zero-order valence-electron chi connectivity index (χ0n) is 31.6. The number of hydrogen-bond acceptors (Lipinski definition) is 7. The van der Waals surface area contributed by atoms with E-state index in [1.807, 2.05) is 98.8 Å². The number of para-hydroxylation sites is 1. The molecule has 1 aliphatic heterocycles. The summed E-state index contributed by atoms with van der Waals surface area (Å²) in [5.41, 5.74) is 4.25. The Labute approximate surface area is 323 Å². The van der Waals surface area contributed by atoms with Crippen molar-refractivity contribution in [2.24, 2.45) is 0 Å². The lowest BCUT2D eigenvalue weighted by atomic mass is 9.92. The molecule has 4 aromatic carbocycles. The number of pyridine rings is 1. The van der Waals surface area contributed by atoms with Crippen molar-refractivity contribution in [3.8, 4) is 45.7 Å². The second-order valence-electron chi connectivity index (χ2n) is 14.7. The molecule has 0 radical (unpaired) electrons. The zero-order valence-corrected chi connectivity index (χ0v) is 33.6. The van der Waals surface area contributed by atoms with Gasteiger partial charge in [-0.2, -0.15) is 0 Å². The number of ether oxygens (including phenoxy) is 2. The summed E-state index contributed by atoms with van der Waals surface area (Å²) in [4.78, 5) is 17.2. The number of halogens is 1. The van der Waals surface area contributed by atoms with E-state index in [0.29, 0.717) is 28.5 Å². The van der Waals surface area contributed by atoms with Crippen LogP contribution in [0.3, 0.4) is 0 Å². The molecule has 2 atom stereocenters. The predicted molar refractivity (Wildman–Crippen MR) is 217 cm³/mol. The Morgan fingerprint density at radius 3 is 2.18 bits per heavy atom. The fraction of sp³-hybridized carbons (Fsp3) is 0.273. The van der Waals surface area contributed by atoms with E-state index in [1.165, 1.54) is 12.1 Å². The van der Waals surface area contributed by atoms with Gasteiger partial charge < -0.3 is 23.5 Å². The Morgan fingerprint density at radius 1 is 0.927 bits per heavy atom. The van der Waals surface area contributed by atoms with Crippen LogP contribution in [0.1, 0.15) is 58.2 Å². The molecule has 11 heteroatoms. The molecule has 1 N–H and O–H groups in total. The second kappa shape index (κ2) is 17.2. The topological polar surface area (TPSA) is 104 Å². The molecular formula is C44H45FNO7PSi. The van der Waals surface area contributed by atoms with Gasteiger partial charge in [0.25, 0.3) is 8.32 Å². The third-order valence-electron chi connectivity index (χ3n) is 9.50. The lowest BCUT2D eigenvalue weighted by Crippen LogP contribution is -2.68. The van der Waals surface area contributed by atoms with Gasteiger partial charge in [0, 0.05) is 17.3 Å². The molecule has 1 aromatic heterocycles. The van der Waals surface area contributed by atoms with Gasteiger partial charge in [-0.05, 0) is 57.2 Å². The number of carbonyl (C=O) groups is 1. The lowest BCUT2D eigenvalue weighted by Gasteiger charge is -2.45. The SMILES string of the molecule is CC(C)c1nc(-c2cccc3c2OCO3)cc(-c2ccc(F)cc2)c1C#CCO[PH](=O)CC(CC(=O)O)O[Si](c1ccccc1)(c1ccccc1)C(C)(C)C. The standard InChI is InChI=1S/C44H45FNO7PSi/c1-30(2)42-36(38(31-21-23-32(45)24-22-31)27-39(46-42)37-18-12-20-40-43(37)51-29-50-40)19-13-25-52-54(49)28-33(26-41(47)48)53-55(44(3,4)5,34-14-8-6-9-15-34)35-16-10-7-11-17-35/h6-12,14-18,20-24,27,30,33,54H,25-26,28-29H2,1-5H3,(H,47,48). The van der Waals surface area contributed by atoms with E-state index in [2.05, 4.69) is 32.6 Å². The zero-order chi connectivity index (χ0) is 39.2. The van der Waals surface area contributed by atoms with Crippen LogP contribution in [0, 0.1) is 17.7 Å². The third kappa shape index (κ3) is 8.93. The van der Waals surface area contributed by atoms with E-state index in [1.54, 1.807) is 12.1 Å². The van der Waals surface area contributed by atoms with Gasteiger partial charge in [-0.15, -0.1) is 0 Å². The fourth-order valence-electron chi connectivity index (χ4n) is 7.02. The number of aliphatic carboxylic acids is 1. The Kier molecular flexibility index (Phi) is 12.4. The summed E-state index contributed by atoms with van der Waals surface area (Å²) in [6.45, 7) is 10.3. The van der Waals surface area contributed by atoms with Crippen LogP contribution in [0.15, 0.2) is 109 Å². The number of benzene rings is 4. The number of nitrogens with zero attached hydrogens (tertiary/aromatic N) is 1. The highest BCUT2D eigenvalue weighted by Crippen LogP contribution is 2.43. The molecule has 1 aliphatic rings. The molecule has 2 unspecified atom stereocenters. The van der Waals surface area contributed by atoms with Crippen molar-refractivity contribution < 1.29 is 37.3 Å². The van der Waals surface area contributed by atoms with Crippen molar-refractivity contribution >= 4 is 32.7 Å². The summed E-state index contributed by atoms with van der Waals surface area (Å²) in [6, 6.07) is 33.5. The first-order chi connectivity index (χ1) is 26.4. The molecule has 55 heavy (non-hydrogen) atoms. The third-order valence-corrected chi connectivity index (χ3v) is 15.8. The molecular weight excluding hydrogens is 733 g/mol. The molecule has 5 aromatic rings. The average Bonchev–Trinajstić information content (AvgIpc) is 3.65. The minimum atomic E-state index is -3.14. The predicted octanol–water partition coefficient (Wildman–Crippen LogP) is 8.67. The van der Waals surface area contributed by atoms with Gasteiger partial charge in [-0.1, -0.05) is 125 Å². The first kappa shape index (κ1) is 39.6. The summed E-state index contributed by atoms with van der Waals surface area (Å²) < 4.78 is 51.9. The molecule has 0 bridgehead atoms. The maximum Gasteiger partial charge on any atom is 0.305 e. The first-order valence-electron chi connectivity index (χ1n) is 18.2. The number of carboxylic acid groups (broad SMARTS) is 1. The number of aromatic nitrogens is 1. The van der Waals surface area contributed by atoms with Crippen LogP contribution in [0.4, 0.5) is 4.39 Å². The minimum absolute atomic E-state index is 0.0483. The Bertz CT molecular complexity index is 2180. The molecule has 2 heterocycles. The maximum atomic E-state index is 14.1. The summed E-state index contributed by atoms with van der Waals surface area (Å²) >= 11 is 0. The fourth-order valence-corrected chi connectivity index (χ4v) is 12.8. The van der Waals surface area contributed by atoms with Gasteiger partial charge in [-0.3, -0.25) is 14.3 Å². The molecule has 0 fully saturated rings. The summed E-state index contributed by atoms with van der Waals surface area (Å²) in [5.74, 6) is 6.03. The van der Waals surface area contributed by atoms with Crippen molar-refractivity contribution in [2.75, 3.05) is 19.6 Å². The van der Waals surface area contributed by atoms with E-state index < -0.39 is 33.5 Å². The molecule has 0 saturated heterocycles. The van der Waals surface area contributed by atoms with Crippen LogP contribution in [-0.2, 0) is 18.3 Å². The minimum Gasteiger partial charge on any atom is -0.481 e. The van der Waals surface area contributed by atoms with E-state index in [-0.39, 0.29) is 37.7 Å². The van der Waals surface area contributed by atoms with Crippen molar-refractivity contribution in [3.63, 3.8) is 0 Å². The quantitative estimate of drug-likeness (QED) is 0.0720. The van der Waals surface area contributed by atoms with Crippen molar-refractivity contribution in [1.82, 2.24) is 4.98 Å². The van der Waals surface area contributed by atoms with E-state index in [9.17, 15) is 18.9 Å². The van der Waals surface area contributed by atoms with Gasteiger partial charge in [-0.25, -0.2) is 4.39 Å². The van der Waals surface area contributed by atoms with E-state index >= 15 is 0 Å². The maximum absolute atomic E-state index is 14.1. The second-order valence-corrected chi connectivity index (χ2v) is 20.4. The van der Waals surface area contributed by atoms with E-state index in [4.69, 9.17) is 23.4 Å². The summed E-state index contributed by atoms with van der Waals surface area (Å²) in [5, 5.41) is 11.5. The highest BCUT2D eigenvalue weighted by molar-refractivity contribution is 7.39. The van der Waals surface area contributed by atoms with Gasteiger partial charge in [0.15, 0.2) is 19.5 Å². The molecule has 6 rings (SSSR count). The summed E-state index contributed by atoms with van der Waals surface area (Å²) in [6.07, 6.45) is -1.31. The highest BCUT2D eigenvalue weighted by Gasteiger charge is 2.51. The molecule has 0 saturated carbocycles. The van der Waals surface area contributed by atoms with E-state index in [0.717, 1.165) is 27.1 Å². The average molecular weight is 778 g/mol. The van der Waals surface area contributed by atoms with Gasteiger partial charge in [0.05, 0.1) is 29.5 Å². The van der Waals surface area contributed by atoms with Crippen molar-refractivity contribution in [1.29, 1.82) is 0 Å². The summed E-state index contributed by atoms with van der Waals surface area (Å²) in [7, 11) is -5.95. The van der Waals surface area contributed by atoms with Crippen LogP contribution in [0.25, 0.3) is 22.4 Å². The smallest absolute Gasteiger partial charge is 0.305 e. The number of carboxylic acids is 1. The monoisotopic (exact) mass is 777 g/mol. The molecule has 8 nitrogen and oxygen atoms in total. The van der Waals surface area contributed by atoms with Crippen molar-refractivity contribution in [3.05, 3.63) is 126 Å². The van der Waals surface area contributed by atoms with Gasteiger partial charge >= 0.3 is 5.97 Å². The molecule has 0 spiro atoms.